The predicted molar refractivity (Wildman–Crippen MR) is 94.7 cm³/mol. The Balaban J connectivity index is 1.69. The first-order valence-electron chi connectivity index (χ1n) is 7.43. The second kappa shape index (κ2) is 6.02. The molecule has 2 aromatic carbocycles. The van der Waals surface area contributed by atoms with E-state index in [0.29, 0.717) is 4.88 Å². The van der Waals surface area contributed by atoms with E-state index in [1.165, 1.54) is 18.4 Å². The van der Waals surface area contributed by atoms with Gasteiger partial charge in [-0.25, -0.2) is 4.79 Å². The minimum Gasteiger partial charge on any atom is -0.465 e. The normalized spacial score (nSPS) is 12.9. The van der Waals surface area contributed by atoms with Crippen LogP contribution in [0.3, 0.4) is 0 Å². The molecule has 0 fully saturated rings. The molecule has 0 unspecified atom stereocenters. The Bertz CT molecular complexity index is 955. The molecular formula is C19H14O4S. The number of ether oxygens (including phenoxy) is 3. The van der Waals surface area contributed by atoms with Crippen LogP contribution >= 0.6 is 11.3 Å². The summed E-state index contributed by atoms with van der Waals surface area (Å²) in [5.74, 6) is 1.23. The van der Waals surface area contributed by atoms with Gasteiger partial charge in [-0.05, 0) is 35.4 Å². The highest BCUT2D eigenvalue weighted by molar-refractivity contribution is 7.20. The maximum atomic E-state index is 11.7. The smallest absolute Gasteiger partial charge is 0.348 e. The van der Waals surface area contributed by atoms with Crippen LogP contribution in [0.2, 0.25) is 0 Å². The summed E-state index contributed by atoms with van der Waals surface area (Å²) in [6.07, 6.45) is 4.06. The molecule has 0 saturated carbocycles. The highest BCUT2D eigenvalue weighted by atomic mass is 32.1. The average Bonchev–Trinajstić information content (AvgIpc) is 3.25. The van der Waals surface area contributed by atoms with E-state index in [0.717, 1.165) is 32.7 Å². The fraction of sp³-hybridized carbons (Fsp3) is 0.105. The number of hydrogen-bond acceptors (Lipinski definition) is 5. The van der Waals surface area contributed by atoms with Gasteiger partial charge in [0.2, 0.25) is 6.79 Å². The average molecular weight is 338 g/mol. The van der Waals surface area contributed by atoms with Crippen molar-refractivity contribution in [3.8, 4) is 11.5 Å². The van der Waals surface area contributed by atoms with E-state index in [-0.39, 0.29) is 12.8 Å². The molecule has 4 rings (SSSR count). The van der Waals surface area contributed by atoms with Crippen LogP contribution in [0, 0.1) is 0 Å². The summed E-state index contributed by atoms with van der Waals surface area (Å²) >= 11 is 1.44. The Morgan fingerprint density at radius 1 is 1.12 bits per heavy atom. The van der Waals surface area contributed by atoms with Crippen LogP contribution in [-0.4, -0.2) is 19.9 Å². The van der Waals surface area contributed by atoms with Crippen molar-refractivity contribution in [2.24, 2.45) is 0 Å². The molecule has 1 aliphatic rings. The fourth-order valence-corrected chi connectivity index (χ4v) is 3.65. The Morgan fingerprint density at radius 2 is 2.00 bits per heavy atom. The van der Waals surface area contributed by atoms with Crippen molar-refractivity contribution in [2.75, 3.05) is 13.9 Å². The summed E-state index contributed by atoms with van der Waals surface area (Å²) in [4.78, 5) is 12.3. The van der Waals surface area contributed by atoms with Crippen LogP contribution < -0.4 is 9.47 Å². The minimum absolute atomic E-state index is 0.271. The molecule has 0 bridgehead atoms. The van der Waals surface area contributed by atoms with Crippen LogP contribution in [-0.2, 0) is 4.74 Å². The van der Waals surface area contributed by atoms with Gasteiger partial charge >= 0.3 is 5.97 Å². The van der Waals surface area contributed by atoms with E-state index in [4.69, 9.17) is 14.2 Å². The lowest BCUT2D eigenvalue weighted by Crippen LogP contribution is -1.96. The number of hydrogen-bond donors (Lipinski definition) is 0. The Morgan fingerprint density at radius 3 is 2.88 bits per heavy atom. The topological polar surface area (TPSA) is 44.8 Å². The number of carbonyl (C=O) groups is 1. The van der Waals surface area contributed by atoms with Crippen LogP contribution in [0.5, 0.6) is 11.5 Å². The number of fused-ring (bicyclic) bond motifs is 2. The molecule has 0 aliphatic carbocycles. The van der Waals surface area contributed by atoms with Crippen LogP contribution in [0.1, 0.15) is 20.8 Å². The lowest BCUT2D eigenvalue weighted by atomic mass is 10.1. The van der Waals surface area contributed by atoms with Crippen LogP contribution in [0.4, 0.5) is 0 Å². The Hall–Kier alpha value is -2.79. The Kier molecular flexibility index (Phi) is 3.70. The van der Waals surface area contributed by atoms with Gasteiger partial charge in [0.25, 0.3) is 0 Å². The molecule has 0 N–H and O–H groups in total. The molecule has 0 atom stereocenters. The summed E-state index contributed by atoms with van der Waals surface area (Å²) < 4.78 is 16.6. The molecular weight excluding hydrogens is 324 g/mol. The molecule has 24 heavy (non-hydrogen) atoms. The van der Waals surface area contributed by atoms with Crippen molar-refractivity contribution in [1.82, 2.24) is 0 Å². The third-order valence-electron chi connectivity index (χ3n) is 3.83. The van der Waals surface area contributed by atoms with E-state index in [1.54, 1.807) is 0 Å². The van der Waals surface area contributed by atoms with Crippen LogP contribution in [0.25, 0.3) is 22.2 Å². The first-order valence-corrected chi connectivity index (χ1v) is 8.25. The summed E-state index contributed by atoms with van der Waals surface area (Å²) in [6, 6.07) is 13.7. The van der Waals surface area contributed by atoms with E-state index in [1.807, 2.05) is 54.6 Å². The number of methoxy groups -OCH3 is 1. The standard InChI is InChI=1S/C19H14O4S/c1-21-19(20)18-10-14-13(3-2-4-17(14)24-18)7-5-12-6-8-15-16(9-12)23-11-22-15/h2-10H,11H2,1H3. The minimum atomic E-state index is -0.304. The van der Waals surface area contributed by atoms with Crippen molar-refractivity contribution in [3.63, 3.8) is 0 Å². The van der Waals surface area contributed by atoms with Gasteiger partial charge in [-0.1, -0.05) is 30.4 Å². The second-order valence-electron chi connectivity index (χ2n) is 5.31. The summed E-state index contributed by atoms with van der Waals surface area (Å²) in [6.45, 7) is 0.271. The van der Waals surface area contributed by atoms with Crippen molar-refractivity contribution in [2.45, 2.75) is 0 Å². The van der Waals surface area contributed by atoms with Gasteiger partial charge in [-0.3, -0.25) is 0 Å². The van der Waals surface area contributed by atoms with E-state index < -0.39 is 0 Å². The predicted octanol–water partition coefficient (Wildman–Crippen LogP) is 4.59. The van der Waals surface area contributed by atoms with Crippen molar-refractivity contribution in [1.29, 1.82) is 0 Å². The van der Waals surface area contributed by atoms with Gasteiger partial charge in [-0.2, -0.15) is 0 Å². The molecule has 1 aliphatic heterocycles. The molecule has 0 radical (unpaired) electrons. The van der Waals surface area contributed by atoms with Gasteiger partial charge in [0, 0.05) is 10.1 Å². The number of carbonyl (C=O) groups excluding carboxylic acids is 1. The van der Waals surface area contributed by atoms with Crippen LogP contribution in [0.15, 0.2) is 42.5 Å². The van der Waals surface area contributed by atoms with E-state index in [9.17, 15) is 4.79 Å². The SMILES string of the molecule is COC(=O)c1cc2c(C=Cc3ccc4c(c3)OCO4)cccc2s1. The third kappa shape index (κ3) is 2.63. The number of benzene rings is 2. The van der Waals surface area contributed by atoms with Gasteiger partial charge in [0.1, 0.15) is 4.88 Å². The van der Waals surface area contributed by atoms with E-state index >= 15 is 0 Å². The van der Waals surface area contributed by atoms with Gasteiger partial charge in [-0.15, -0.1) is 11.3 Å². The number of esters is 1. The zero-order chi connectivity index (χ0) is 16.5. The molecule has 0 spiro atoms. The molecule has 2 heterocycles. The van der Waals surface area contributed by atoms with Gasteiger partial charge < -0.3 is 14.2 Å². The highest BCUT2D eigenvalue weighted by Gasteiger charge is 2.13. The Labute approximate surface area is 142 Å². The summed E-state index contributed by atoms with van der Waals surface area (Å²) in [7, 11) is 1.40. The molecule has 3 aromatic rings. The van der Waals surface area contributed by atoms with Crippen molar-refractivity contribution < 1.29 is 19.0 Å². The van der Waals surface area contributed by atoms with Crippen molar-refractivity contribution in [3.05, 3.63) is 58.5 Å². The molecule has 0 saturated heterocycles. The van der Waals surface area contributed by atoms with E-state index in [2.05, 4.69) is 0 Å². The summed E-state index contributed by atoms with van der Waals surface area (Å²) in [5, 5.41) is 1.04. The summed E-state index contributed by atoms with van der Waals surface area (Å²) in [5.41, 5.74) is 2.08. The first kappa shape index (κ1) is 14.8. The molecule has 5 heteroatoms. The maximum absolute atomic E-state index is 11.7. The number of rotatable bonds is 3. The molecule has 1 aromatic heterocycles. The monoisotopic (exact) mass is 338 g/mol. The molecule has 120 valence electrons. The quantitative estimate of drug-likeness (QED) is 0.518. The highest BCUT2D eigenvalue weighted by Crippen LogP contribution is 2.34. The molecule has 4 nitrogen and oxygen atoms in total. The zero-order valence-electron chi connectivity index (χ0n) is 12.9. The lowest BCUT2D eigenvalue weighted by Gasteiger charge is -1.99. The van der Waals surface area contributed by atoms with Crippen molar-refractivity contribution >= 4 is 39.5 Å². The fourth-order valence-electron chi connectivity index (χ4n) is 2.63. The number of thiophene rings is 1. The van der Waals surface area contributed by atoms with Gasteiger partial charge in [0.15, 0.2) is 11.5 Å². The van der Waals surface area contributed by atoms with Gasteiger partial charge in [0.05, 0.1) is 7.11 Å². The second-order valence-corrected chi connectivity index (χ2v) is 6.39. The third-order valence-corrected chi connectivity index (χ3v) is 4.91. The lowest BCUT2D eigenvalue weighted by molar-refractivity contribution is 0.0606. The maximum Gasteiger partial charge on any atom is 0.348 e. The largest absolute Gasteiger partial charge is 0.465 e. The first-order chi connectivity index (χ1) is 11.7. The zero-order valence-corrected chi connectivity index (χ0v) is 13.8. The molecule has 0 amide bonds.